The summed E-state index contributed by atoms with van der Waals surface area (Å²) in [6.45, 7) is 0.501. The molecule has 0 unspecified atom stereocenters. The van der Waals surface area contributed by atoms with Gasteiger partial charge < -0.3 is 15.1 Å². The van der Waals surface area contributed by atoms with Crippen LogP contribution in [0.2, 0.25) is 0 Å². The van der Waals surface area contributed by atoms with E-state index in [1.807, 2.05) is 54.6 Å². The van der Waals surface area contributed by atoms with E-state index in [1.54, 1.807) is 18.2 Å². The zero-order chi connectivity index (χ0) is 21.9. The van der Waals surface area contributed by atoms with Crippen molar-refractivity contribution in [3.05, 3.63) is 107 Å². The van der Waals surface area contributed by atoms with Crippen molar-refractivity contribution < 1.29 is 19.8 Å². The van der Waals surface area contributed by atoms with Crippen molar-refractivity contribution in [3.8, 4) is 5.75 Å². The number of rotatable bonds is 10. The number of aromatic carboxylic acids is 1. The van der Waals surface area contributed by atoms with Crippen LogP contribution in [0.4, 0.5) is 0 Å². The van der Waals surface area contributed by atoms with Crippen molar-refractivity contribution in [2.45, 2.75) is 32.3 Å². The quantitative estimate of drug-likeness (QED) is 0.268. The number of carboxylic acids is 1. The molecule has 5 heteroatoms. The van der Waals surface area contributed by atoms with Crippen LogP contribution in [-0.2, 0) is 25.9 Å². The number of hydrogen-bond donors (Lipinski definition) is 2. The molecule has 5 nitrogen and oxygen atoms in total. The second kappa shape index (κ2) is 11.4. The van der Waals surface area contributed by atoms with E-state index in [0.717, 1.165) is 47.3 Å². The first kappa shape index (κ1) is 21.9. The standard InChI is InChI=1S/C26H25NO4/c28-26(29)23-14-11-20(12-15-23)8-4-10-24-18-21(9-5-17-27-30)13-16-25(24)31-19-22-6-2-1-3-7-22/h1-3,5-7,11-16,18,30H,4,8-10,19H2,(H,28,29). The van der Waals surface area contributed by atoms with Crippen molar-refractivity contribution in [2.24, 2.45) is 5.16 Å². The van der Waals surface area contributed by atoms with E-state index in [0.29, 0.717) is 18.6 Å². The van der Waals surface area contributed by atoms with Gasteiger partial charge in [-0.2, -0.15) is 0 Å². The molecule has 0 aliphatic carbocycles. The van der Waals surface area contributed by atoms with Gasteiger partial charge in [0.15, 0.2) is 0 Å². The minimum atomic E-state index is -0.913. The average Bonchev–Trinajstić information content (AvgIpc) is 2.80. The lowest BCUT2D eigenvalue weighted by molar-refractivity contribution is 0.0697. The molecule has 158 valence electrons. The second-order valence-corrected chi connectivity index (χ2v) is 7.21. The molecule has 0 saturated carbocycles. The highest BCUT2D eigenvalue weighted by Crippen LogP contribution is 2.24. The third kappa shape index (κ3) is 6.88. The molecule has 0 spiro atoms. The summed E-state index contributed by atoms with van der Waals surface area (Å²) in [5, 5.41) is 20.4. The van der Waals surface area contributed by atoms with Crippen molar-refractivity contribution in [3.63, 3.8) is 0 Å². The van der Waals surface area contributed by atoms with E-state index in [1.165, 1.54) is 0 Å². The van der Waals surface area contributed by atoms with Crippen molar-refractivity contribution in [1.29, 1.82) is 0 Å². The molecule has 0 atom stereocenters. The van der Waals surface area contributed by atoms with Crippen molar-refractivity contribution in [1.82, 2.24) is 0 Å². The third-order valence-corrected chi connectivity index (χ3v) is 4.96. The molecule has 3 aromatic carbocycles. The largest absolute Gasteiger partial charge is 0.489 e. The fourth-order valence-electron chi connectivity index (χ4n) is 3.33. The van der Waals surface area contributed by atoms with Gasteiger partial charge in [-0.3, -0.25) is 0 Å². The van der Waals surface area contributed by atoms with Gasteiger partial charge in [-0.05, 0) is 77.4 Å². The topological polar surface area (TPSA) is 79.1 Å². The van der Waals surface area contributed by atoms with Crippen LogP contribution in [0.5, 0.6) is 5.75 Å². The van der Waals surface area contributed by atoms with Crippen molar-refractivity contribution >= 4 is 11.8 Å². The molecule has 0 fully saturated rings. The van der Waals surface area contributed by atoms with E-state index in [-0.39, 0.29) is 0 Å². The van der Waals surface area contributed by atoms with Crippen LogP contribution in [0.3, 0.4) is 0 Å². The lowest BCUT2D eigenvalue weighted by Gasteiger charge is -2.13. The number of ether oxygens (including phenoxy) is 1. The fraction of sp³-hybridized carbons (Fsp3) is 0.192. The van der Waals surface area contributed by atoms with Gasteiger partial charge in [0.1, 0.15) is 12.4 Å². The summed E-state index contributed by atoms with van der Waals surface area (Å²) in [4.78, 5) is 11.0. The van der Waals surface area contributed by atoms with E-state index >= 15 is 0 Å². The molecule has 0 radical (unpaired) electrons. The summed E-state index contributed by atoms with van der Waals surface area (Å²) in [5.41, 5.74) is 4.72. The van der Waals surface area contributed by atoms with Gasteiger partial charge in [-0.25, -0.2) is 4.79 Å². The maximum absolute atomic E-state index is 11.0. The summed E-state index contributed by atoms with van der Waals surface area (Å²) in [7, 11) is 0. The lowest BCUT2D eigenvalue weighted by Crippen LogP contribution is -2.01. The Labute approximate surface area is 181 Å². The van der Waals surface area contributed by atoms with E-state index in [2.05, 4.69) is 17.1 Å². The van der Waals surface area contributed by atoms with Gasteiger partial charge in [-0.1, -0.05) is 54.6 Å². The monoisotopic (exact) mass is 415 g/mol. The van der Waals surface area contributed by atoms with Gasteiger partial charge in [0.25, 0.3) is 0 Å². The molecule has 3 aromatic rings. The number of nitrogens with zero attached hydrogens (tertiary/aromatic N) is 1. The summed E-state index contributed by atoms with van der Waals surface area (Å²) in [6.07, 6.45) is 4.88. The number of allylic oxidation sites excluding steroid dienone is 1. The Morgan fingerprint density at radius 3 is 2.39 bits per heavy atom. The molecule has 0 aliphatic rings. The highest BCUT2D eigenvalue weighted by molar-refractivity contribution is 5.87. The molecular weight excluding hydrogens is 390 g/mol. The van der Waals surface area contributed by atoms with Gasteiger partial charge in [-0.15, -0.1) is 0 Å². The van der Waals surface area contributed by atoms with E-state index in [9.17, 15) is 4.79 Å². The summed E-state index contributed by atoms with van der Waals surface area (Å²) >= 11 is 0. The Bertz CT molecular complexity index is 1050. The first-order chi connectivity index (χ1) is 15.2. The van der Waals surface area contributed by atoms with Gasteiger partial charge in [0.05, 0.1) is 5.56 Å². The number of hydrogen-bond acceptors (Lipinski definition) is 4. The third-order valence-electron chi connectivity index (χ3n) is 4.96. The molecule has 0 bridgehead atoms. The van der Waals surface area contributed by atoms with Crippen LogP contribution in [0.1, 0.15) is 39.0 Å². The van der Waals surface area contributed by atoms with Crippen molar-refractivity contribution in [2.75, 3.05) is 0 Å². The predicted octanol–water partition coefficient (Wildman–Crippen LogP) is 5.30. The van der Waals surface area contributed by atoms with Crippen LogP contribution in [0, 0.1) is 0 Å². The number of carbonyl (C=O) groups is 1. The predicted molar refractivity (Wildman–Crippen MR) is 120 cm³/mol. The van der Waals surface area contributed by atoms with E-state index in [4.69, 9.17) is 15.1 Å². The Morgan fingerprint density at radius 2 is 1.68 bits per heavy atom. The molecule has 2 N–H and O–H groups in total. The van der Waals surface area contributed by atoms with Gasteiger partial charge in [0.2, 0.25) is 0 Å². The lowest BCUT2D eigenvalue weighted by atomic mass is 10.00. The van der Waals surface area contributed by atoms with Crippen LogP contribution in [0.15, 0.2) is 84.0 Å². The molecule has 0 amide bonds. The number of aryl methyl sites for hydroxylation is 2. The molecular formula is C26H25NO4. The molecule has 0 aliphatic heterocycles. The van der Waals surface area contributed by atoms with Crippen LogP contribution in [0.25, 0.3) is 0 Å². The minimum absolute atomic E-state index is 0.299. The highest BCUT2D eigenvalue weighted by atomic mass is 16.5. The Hall–Kier alpha value is -3.82. The number of carboxylic acid groups (broad SMARTS) is 1. The molecule has 0 heterocycles. The Balaban J connectivity index is 1.68. The van der Waals surface area contributed by atoms with E-state index < -0.39 is 5.97 Å². The summed E-state index contributed by atoms with van der Waals surface area (Å²) in [5.74, 6) is 2.38. The summed E-state index contributed by atoms with van der Waals surface area (Å²) < 4.78 is 6.10. The van der Waals surface area contributed by atoms with Crippen LogP contribution >= 0.6 is 0 Å². The van der Waals surface area contributed by atoms with Gasteiger partial charge in [0, 0.05) is 5.87 Å². The van der Waals surface area contributed by atoms with Gasteiger partial charge >= 0.3 is 5.97 Å². The Morgan fingerprint density at radius 1 is 0.935 bits per heavy atom. The number of benzene rings is 3. The second-order valence-electron chi connectivity index (χ2n) is 7.21. The fourth-order valence-corrected chi connectivity index (χ4v) is 3.33. The molecule has 3 rings (SSSR count). The smallest absolute Gasteiger partial charge is 0.335 e. The average molecular weight is 415 g/mol. The minimum Gasteiger partial charge on any atom is -0.489 e. The zero-order valence-corrected chi connectivity index (χ0v) is 17.2. The maximum atomic E-state index is 11.0. The normalized spacial score (nSPS) is 10.2. The zero-order valence-electron chi connectivity index (χ0n) is 17.2. The van der Waals surface area contributed by atoms with Crippen LogP contribution < -0.4 is 4.74 Å². The SMILES string of the molecule is O=C(O)c1ccc(CCCc2cc(CC=C=NO)ccc2OCc2ccccc2)cc1. The molecule has 31 heavy (non-hydrogen) atoms. The molecule has 0 aromatic heterocycles. The maximum Gasteiger partial charge on any atom is 0.335 e. The molecule has 0 saturated heterocycles. The first-order valence-corrected chi connectivity index (χ1v) is 10.2. The van der Waals surface area contributed by atoms with Crippen LogP contribution in [-0.4, -0.2) is 22.2 Å². The summed E-state index contributed by atoms with van der Waals surface area (Å²) in [6, 6.07) is 23.2. The first-order valence-electron chi connectivity index (χ1n) is 10.2. The Kier molecular flexibility index (Phi) is 8.04. The highest BCUT2D eigenvalue weighted by Gasteiger charge is 2.07.